The van der Waals surface area contributed by atoms with E-state index in [-0.39, 0.29) is 11.8 Å². The molecule has 2 atom stereocenters. The number of nitrogens with two attached hydrogens (primary N) is 1. The van der Waals surface area contributed by atoms with Gasteiger partial charge in [0.2, 0.25) is 5.91 Å². The monoisotopic (exact) mass is 175 g/mol. The number of rotatable bonds is 5. The fourth-order valence-corrected chi connectivity index (χ4v) is 1.71. The molecule has 0 aliphatic rings. The zero-order valence-electron chi connectivity index (χ0n) is 7.46. The zero-order chi connectivity index (χ0) is 8.85. The normalized spacial score (nSPS) is 15.9. The lowest BCUT2D eigenvalue weighted by atomic mass is 10.1. The summed E-state index contributed by atoms with van der Waals surface area (Å²) in [6.45, 7) is 6.07. The van der Waals surface area contributed by atoms with Gasteiger partial charge in [0.05, 0.1) is 0 Å². The van der Waals surface area contributed by atoms with E-state index in [2.05, 4.69) is 13.8 Å². The molecule has 2 N–H and O–H groups in total. The minimum absolute atomic E-state index is 0.00782. The van der Waals surface area contributed by atoms with Gasteiger partial charge in [-0.1, -0.05) is 20.8 Å². The third kappa shape index (κ3) is 4.30. The highest BCUT2D eigenvalue weighted by atomic mass is 32.2. The fraction of sp³-hybridized carbons (Fsp3) is 0.875. The highest BCUT2D eigenvalue weighted by molar-refractivity contribution is 7.99. The van der Waals surface area contributed by atoms with Crippen molar-refractivity contribution in [1.82, 2.24) is 0 Å². The van der Waals surface area contributed by atoms with Gasteiger partial charge in [0, 0.05) is 11.2 Å². The summed E-state index contributed by atoms with van der Waals surface area (Å²) in [5, 5.41) is 0.354. The molecule has 0 saturated heterocycles. The van der Waals surface area contributed by atoms with Crippen LogP contribution in [-0.4, -0.2) is 16.9 Å². The van der Waals surface area contributed by atoms with Crippen LogP contribution in [0.3, 0.4) is 0 Å². The molecule has 0 aromatic heterocycles. The van der Waals surface area contributed by atoms with Crippen molar-refractivity contribution in [2.75, 3.05) is 5.75 Å². The number of carbonyl (C=O) groups is 1. The number of hydrogen-bond acceptors (Lipinski definition) is 2. The number of hydrogen-bond donors (Lipinski definition) is 1. The molecule has 2 unspecified atom stereocenters. The van der Waals surface area contributed by atoms with E-state index < -0.39 is 0 Å². The standard InChI is InChI=1S/C8H17NOS/c1-4-5-11-7(3)6(2)8(9)10/h6-7H,4-5H2,1-3H3,(H2,9,10). The molecule has 3 heteroatoms. The molecule has 2 nitrogen and oxygen atoms in total. The molecule has 66 valence electrons. The summed E-state index contributed by atoms with van der Waals surface area (Å²) in [6.07, 6.45) is 1.15. The molecule has 0 aromatic carbocycles. The number of amides is 1. The van der Waals surface area contributed by atoms with Gasteiger partial charge in [0.1, 0.15) is 0 Å². The first-order valence-electron chi connectivity index (χ1n) is 4.00. The largest absolute Gasteiger partial charge is 0.369 e. The Balaban J connectivity index is 3.63. The predicted octanol–water partition coefficient (Wildman–Crippen LogP) is 1.64. The third-order valence-electron chi connectivity index (χ3n) is 1.74. The van der Waals surface area contributed by atoms with Crippen molar-refractivity contribution in [3.8, 4) is 0 Å². The minimum Gasteiger partial charge on any atom is -0.369 e. The van der Waals surface area contributed by atoms with Crippen LogP contribution in [0.15, 0.2) is 0 Å². The quantitative estimate of drug-likeness (QED) is 0.690. The number of thioether (sulfide) groups is 1. The summed E-state index contributed by atoms with van der Waals surface area (Å²) in [6, 6.07) is 0. The fourth-order valence-electron chi connectivity index (χ4n) is 0.679. The molecule has 0 radical (unpaired) electrons. The van der Waals surface area contributed by atoms with Crippen molar-refractivity contribution in [2.24, 2.45) is 11.7 Å². The van der Waals surface area contributed by atoms with Crippen LogP contribution in [0.25, 0.3) is 0 Å². The van der Waals surface area contributed by atoms with E-state index in [0.29, 0.717) is 5.25 Å². The Labute approximate surface area is 72.9 Å². The van der Waals surface area contributed by atoms with Crippen molar-refractivity contribution in [2.45, 2.75) is 32.4 Å². The molecular weight excluding hydrogens is 158 g/mol. The van der Waals surface area contributed by atoms with Crippen LogP contribution in [0.2, 0.25) is 0 Å². The van der Waals surface area contributed by atoms with Crippen LogP contribution in [0, 0.1) is 5.92 Å². The van der Waals surface area contributed by atoms with Crippen molar-refractivity contribution in [3.05, 3.63) is 0 Å². The van der Waals surface area contributed by atoms with Gasteiger partial charge in [-0.2, -0.15) is 11.8 Å². The predicted molar refractivity (Wildman–Crippen MR) is 50.6 cm³/mol. The molecular formula is C8H17NOS. The number of carbonyl (C=O) groups excluding carboxylic acids is 1. The Morgan fingerprint density at radius 3 is 2.45 bits per heavy atom. The number of primary amides is 1. The van der Waals surface area contributed by atoms with Gasteiger partial charge in [-0.3, -0.25) is 4.79 Å². The van der Waals surface area contributed by atoms with E-state index in [4.69, 9.17) is 5.73 Å². The van der Waals surface area contributed by atoms with Gasteiger partial charge in [-0.15, -0.1) is 0 Å². The van der Waals surface area contributed by atoms with E-state index in [1.165, 1.54) is 0 Å². The van der Waals surface area contributed by atoms with Crippen molar-refractivity contribution in [1.29, 1.82) is 0 Å². The van der Waals surface area contributed by atoms with Gasteiger partial charge in [-0.25, -0.2) is 0 Å². The van der Waals surface area contributed by atoms with Gasteiger partial charge in [-0.05, 0) is 12.2 Å². The van der Waals surface area contributed by atoms with Gasteiger partial charge >= 0.3 is 0 Å². The van der Waals surface area contributed by atoms with E-state index in [9.17, 15) is 4.79 Å². The molecule has 0 heterocycles. The van der Waals surface area contributed by atoms with E-state index in [0.717, 1.165) is 12.2 Å². The lowest BCUT2D eigenvalue weighted by Crippen LogP contribution is -2.27. The first-order chi connectivity index (χ1) is 5.09. The van der Waals surface area contributed by atoms with Crippen LogP contribution in [0.5, 0.6) is 0 Å². The maximum absolute atomic E-state index is 10.7. The van der Waals surface area contributed by atoms with Crippen LogP contribution in [0.4, 0.5) is 0 Å². The highest BCUT2D eigenvalue weighted by Crippen LogP contribution is 2.19. The molecule has 0 saturated carbocycles. The Morgan fingerprint density at radius 2 is 2.09 bits per heavy atom. The summed E-state index contributed by atoms with van der Waals surface area (Å²) in [7, 11) is 0. The van der Waals surface area contributed by atoms with Crippen LogP contribution in [0.1, 0.15) is 27.2 Å². The summed E-state index contributed by atoms with van der Waals surface area (Å²) in [5.41, 5.74) is 5.16. The zero-order valence-corrected chi connectivity index (χ0v) is 8.28. The molecule has 0 aliphatic heterocycles. The topological polar surface area (TPSA) is 43.1 Å². The molecule has 0 aromatic rings. The van der Waals surface area contributed by atoms with Crippen molar-refractivity contribution >= 4 is 17.7 Å². The Morgan fingerprint density at radius 1 is 1.55 bits per heavy atom. The van der Waals surface area contributed by atoms with Crippen molar-refractivity contribution in [3.63, 3.8) is 0 Å². The molecule has 0 fully saturated rings. The van der Waals surface area contributed by atoms with E-state index in [1.807, 2.05) is 18.7 Å². The summed E-state index contributed by atoms with van der Waals surface area (Å²) in [5.74, 6) is 0.909. The van der Waals surface area contributed by atoms with Gasteiger partial charge in [0.25, 0.3) is 0 Å². The third-order valence-corrected chi connectivity index (χ3v) is 3.32. The van der Waals surface area contributed by atoms with Crippen LogP contribution >= 0.6 is 11.8 Å². The first kappa shape index (κ1) is 10.8. The van der Waals surface area contributed by atoms with Gasteiger partial charge < -0.3 is 5.73 Å². The van der Waals surface area contributed by atoms with Gasteiger partial charge in [0.15, 0.2) is 0 Å². The minimum atomic E-state index is -0.193. The lowest BCUT2D eigenvalue weighted by molar-refractivity contribution is -0.121. The molecule has 0 rings (SSSR count). The van der Waals surface area contributed by atoms with Crippen molar-refractivity contribution < 1.29 is 4.79 Å². The molecule has 1 amide bonds. The Kier molecular flexibility index (Phi) is 5.38. The summed E-state index contributed by atoms with van der Waals surface area (Å²) >= 11 is 1.81. The second kappa shape index (κ2) is 5.47. The average Bonchev–Trinajstić information content (AvgIpc) is 1.98. The lowest BCUT2D eigenvalue weighted by Gasteiger charge is -2.15. The highest BCUT2D eigenvalue weighted by Gasteiger charge is 2.16. The smallest absolute Gasteiger partial charge is 0.221 e. The van der Waals surface area contributed by atoms with Crippen LogP contribution in [-0.2, 0) is 4.79 Å². The van der Waals surface area contributed by atoms with E-state index >= 15 is 0 Å². The molecule has 11 heavy (non-hydrogen) atoms. The Hall–Kier alpha value is -0.180. The maximum Gasteiger partial charge on any atom is 0.221 e. The Bertz CT molecular complexity index is 127. The van der Waals surface area contributed by atoms with E-state index in [1.54, 1.807) is 0 Å². The SMILES string of the molecule is CCCSC(C)C(C)C(N)=O. The molecule has 0 bridgehead atoms. The summed E-state index contributed by atoms with van der Waals surface area (Å²) < 4.78 is 0. The molecule has 0 aliphatic carbocycles. The average molecular weight is 175 g/mol. The second-order valence-corrected chi connectivity index (χ2v) is 4.25. The molecule has 0 spiro atoms. The first-order valence-corrected chi connectivity index (χ1v) is 5.05. The second-order valence-electron chi connectivity index (χ2n) is 2.77. The van der Waals surface area contributed by atoms with Crippen LogP contribution < -0.4 is 5.73 Å². The maximum atomic E-state index is 10.7. The summed E-state index contributed by atoms with van der Waals surface area (Å²) in [4.78, 5) is 10.7.